The van der Waals surface area contributed by atoms with Crippen molar-refractivity contribution in [2.24, 2.45) is 0 Å². The Balaban J connectivity index is 1.82. The minimum atomic E-state index is -0.538. The summed E-state index contributed by atoms with van der Waals surface area (Å²) in [5.41, 5.74) is 0.483. The van der Waals surface area contributed by atoms with E-state index in [9.17, 15) is 4.79 Å². The van der Waals surface area contributed by atoms with Crippen LogP contribution in [0.5, 0.6) is 0 Å². The number of rotatable bonds is 7. The number of ether oxygens (including phenoxy) is 1. The first kappa shape index (κ1) is 21.0. The van der Waals surface area contributed by atoms with Crippen LogP contribution in [0.3, 0.4) is 0 Å². The molecule has 1 aromatic carbocycles. The van der Waals surface area contributed by atoms with Crippen molar-refractivity contribution in [2.45, 2.75) is 32.9 Å². The van der Waals surface area contributed by atoms with Gasteiger partial charge in [-0.2, -0.15) is 15.0 Å². The molecule has 1 aromatic heterocycles. The van der Waals surface area contributed by atoms with E-state index in [1.165, 1.54) is 0 Å². The number of nitrogens with zero attached hydrogens (tertiary/aromatic N) is 3. The van der Waals surface area contributed by atoms with Gasteiger partial charge in [0, 0.05) is 24.7 Å². The van der Waals surface area contributed by atoms with Crippen molar-refractivity contribution in [1.29, 1.82) is 0 Å². The molecular weight excluding hydrogens is 391 g/mol. The average molecular weight is 413 g/mol. The Morgan fingerprint density at radius 1 is 1.00 bits per heavy atom. The fourth-order valence-electron chi connectivity index (χ4n) is 1.94. The van der Waals surface area contributed by atoms with Crippen LogP contribution < -0.4 is 16.0 Å². The van der Waals surface area contributed by atoms with Gasteiger partial charge in [-0.05, 0) is 50.1 Å². The number of amides is 1. The first-order valence-electron chi connectivity index (χ1n) is 8.32. The van der Waals surface area contributed by atoms with Gasteiger partial charge in [0.2, 0.25) is 17.2 Å². The molecule has 0 spiro atoms. The van der Waals surface area contributed by atoms with Crippen molar-refractivity contribution in [2.75, 3.05) is 23.7 Å². The number of hydrogen-bond donors (Lipinski definition) is 3. The van der Waals surface area contributed by atoms with Crippen LogP contribution in [0.15, 0.2) is 24.3 Å². The van der Waals surface area contributed by atoms with Crippen LogP contribution in [0.25, 0.3) is 0 Å². The van der Waals surface area contributed by atoms with E-state index in [2.05, 4.69) is 30.9 Å². The van der Waals surface area contributed by atoms with Crippen LogP contribution >= 0.6 is 23.2 Å². The monoisotopic (exact) mass is 412 g/mol. The molecule has 3 N–H and O–H groups in total. The van der Waals surface area contributed by atoms with Crippen molar-refractivity contribution in [3.63, 3.8) is 0 Å². The highest BCUT2D eigenvalue weighted by atomic mass is 35.5. The lowest BCUT2D eigenvalue weighted by Gasteiger charge is -2.19. The Morgan fingerprint density at radius 3 is 2.26 bits per heavy atom. The molecule has 0 radical (unpaired) electrons. The van der Waals surface area contributed by atoms with Crippen molar-refractivity contribution in [3.05, 3.63) is 40.1 Å². The van der Waals surface area contributed by atoms with Gasteiger partial charge in [0.1, 0.15) is 5.60 Å². The number of anilines is 2. The van der Waals surface area contributed by atoms with Gasteiger partial charge >= 0.3 is 6.09 Å². The number of halogens is 2. The quantitative estimate of drug-likeness (QED) is 0.595. The van der Waals surface area contributed by atoms with Crippen LogP contribution in [-0.2, 0) is 11.3 Å². The molecule has 0 unspecified atom stereocenters. The lowest BCUT2D eigenvalue weighted by Crippen LogP contribution is -2.35. The second-order valence-electron chi connectivity index (χ2n) is 6.59. The van der Waals surface area contributed by atoms with Crippen LogP contribution in [0.4, 0.5) is 16.7 Å². The normalized spacial score (nSPS) is 11.0. The lowest BCUT2D eigenvalue weighted by atomic mass is 10.2. The van der Waals surface area contributed by atoms with E-state index in [-0.39, 0.29) is 5.28 Å². The van der Waals surface area contributed by atoms with Crippen LogP contribution in [0.1, 0.15) is 26.3 Å². The molecule has 2 rings (SSSR count). The van der Waals surface area contributed by atoms with Gasteiger partial charge in [-0.3, -0.25) is 0 Å². The van der Waals surface area contributed by atoms with E-state index in [4.69, 9.17) is 27.9 Å². The largest absolute Gasteiger partial charge is 0.444 e. The first-order valence-corrected chi connectivity index (χ1v) is 9.07. The molecule has 0 saturated carbocycles. The molecule has 0 fully saturated rings. The van der Waals surface area contributed by atoms with E-state index in [1.54, 1.807) is 20.8 Å². The van der Waals surface area contributed by atoms with E-state index < -0.39 is 11.7 Å². The van der Waals surface area contributed by atoms with Crippen LogP contribution in [-0.4, -0.2) is 39.7 Å². The summed E-state index contributed by atoms with van der Waals surface area (Å²) in [6.45, 7) is 6.65. The standard InChI is InChI=1S/C17H22Cl2N6O2/c1-17(2,3)27-16(26)21-9-8-20-14-23-13(19)24-15(25-14)22-10-11-4-6-12(18)7-5-11/h4-7H,8-10H2,1-3H3,(H,21,26)(H2,20,22,23,24,25). The summed E-state index contributed by atoms with van der Waals surface area (Å²) >= 11 is 11.8. The van der Waals surface area contributed by atoms with E-state index in [1.807, 2.05) is 24.3 Å². The third-order valence-electron chi connectivity index (χ3n) is 3.05. The van der Waals surface area contributed by atoms with E-state index >= 15 is 0 Å². The van der Waals surface area contributed by atoms with Crippen LogP contribution in [0, 0.1) is 0 Å². The predicted molar refractivity (Wildman–Crippen MR) is 106 cm³/mol. The minimum absolute atomic E-state index is 0.0613. The SMILES string of the molecule is CC(C)(C)OC(=O)NCCNc1nc(Cl)nc(NCc2ccc(Cl)cc2)n1. The minimum Gasteiger partial charge on any atom is -0.444 e. The summed E-state index contributed by atoms with van der Waals surface area (Å²) in [6, 6.07) is 7.42. The maximum absolute atomic E-state index is 11.6. The van der Waals surface area contributed by atoms with Gasteiger partial charge < -0.3 is 20.7 Å². The molecule has 0 atom stereocenters. The molecule has 0 aliphatic rings. The highest BCUT2D eigenvalue weighted by Gasteiger charge is 2.15. The molecule has 0 saturated heterocycles. The van der Waals surface area contributed by atoms with E-state index in [0.29, 0.717) is 36.6 Å². The molecule has 1 amide bonds. The van der Waals surface area contributed by atoms with Gasteiger partial charge in [-0.15, -0.1) is 0 Å². The molecule has 1 heterocycles. The molecule has 0 aliphatic carbocycles. The van der Waals surface area contributed by atoms with Gasteiger partial charge in [0.05, 0.1) is 0 Å². The lowest BCUT2D eigenvalue weighted by molar-refractivity contribution is 0.0530. The van der Waals surface area contributed by atoms with Crippen molar-refractivity contribution < 1.29 is 9.53 Å². The zero-order valence-corrected chi connectivity index (χ0v) is 16.9. The first-order chi connectivity index (χ1) is 12.7. The number of nitrogens with one attached hydrogen (secondary N) is 3. The number of hydrogen-bond acceptors (Lipinski definition) is 7. The molecule has 8 nitrogen and oxygen atoms in total. The zero-order valence-electron chi connectivity index (χ0n) is 15.3. The second kappa shape index (κ2) is 9.57. The van der Waals surface area contributed by atoms with Gasteiger partial charge in [0.25, 0.3) is 0 Å². The smallest absolute Gasteiger partial charge is 0.407 e. The summed E-state index contributed by atoms with van der Waals surface area (Å²) in [5, 5.41) is 9.42. The summed E-state index contributed by atoms with van der Waals surface area (Å²) in [7, 11) is 0. The second-order valence-corrected chi connectivity index (χ2v) is 7.36. The van der Waals surface area contributed by atoms with Crippen molar-refractivity contribution in [3.8, 4) is 0 Å². The highest BCUT2D eigenvalue weighted by molar-refractivity contribution is 6.30. The average Bonchev–Trinajstić information content (AvgIpc) is 2.56. The number of alkyl carbamates (subject to hydrolysis) is 1. The van der Waals surface area contributed by atoms with Crippen molar-refractivity contribution >= 4 is 41.2 Å². The Bertz CT molecular complexity index is 765. The molecule has 10 heteroatoms. The molecular formula is C17H22Cl2N6O2. The Labute approximate surface area is 168 Å². The third kappa shape index (κ3) is 8.27. The Kier molecular flexibility index (Phi) is 7.44. The fraction of sp³-hybridized carbons (Fsp3) is 0.412. The third-order valence-corrected chi connectivity index (χ3v) is 3.47. The highest BCUT2D eigenvalue weighted by Crippen LogP contribution is 2.13. The van der Waals surface area contributed by atoms with Crippen LogP contribution in [0.2, 0.25) is 10.3 Å². The van der Waals surface area contributed by atoms with Crippen molar-refractivity contribution in [1.82, 2.24) is 20.3 Å². The van der Waals surface area contributed by atoms with Gasteiger partial charge in [0.15, 0.2) is 0 Å². The van der Waals surface area contributed by atoms with Gasteiger partial charge in [-0.1, -0.05) is 23.7 Å². The summed E-state index contributed by atoms with van der Waals surface area (Å²) < 4.78 is 5.15. The molecule has 0 aliphatic heterocycles. The number of aromatic nitrogens is 3. The summed E-state index contributed by atoms with van der Waals surface area (Å²) in [5.74, 6) is 0.646. The number of benzene rings is 1. The molecule has 2 aromatic rings. The predicted octanol–water partition coefficient (Wildman–Crippen LogP) is 3.73. The van der Waals surface area contributed by atoms with Gasteiger partial charge in [-0.25, -0.2) is 4.79 Å². The maximum Gasteiger partial charge on any atom is 0.407 e. The maximum atomic E-state index is 11.6. The Morgan fingerprint density at radius 2 is 1.63 bits per heavy atom. The number of carbonyl (C=O) groups excluding carboxylic acids is 1. The topological polar surface area (TPSA) is 101 Å². The summed E-state index contributed by atoms with van der Waals surface area (Å²) in [6.07, 6.45) is -0.483. The number of carbonyl (C=O) groups is 1. The zero-order chi connectivity index (χ0) is 19.9. The summed E-state index contributed by atoms with van der Waals surface area (Å²) in [4.78, 5) is 23.9. The molecule has 0 bridgehead atoms. The molecule has 146 valence electrons. The fourth-order valence-corrected chi connectivity index (χ4v) is 2.23. The van der Waals surface area contributed by atoms with E-state index in [0.717, 1.165) is 5.56 Å². The molecule has 27 heavy (non-hydrogen) atoms. The Hall–Kier alpha value is -2.32.